The van der Waals surface area contributed by atoms with Crippen molar-refractivity contribution < 1.29 is 9.00 Å². The van der Waals surface area contributed by atoms with Gasteiger partial charge in [-0.3, -0.25) is 9.00 Å². The first-order chi connectivity index (χ1) is 8.58. The van der Waals surface area contributed by atoms with Crippen LogP contribution >= 0.6 is 15.9 Å². The average Bonchev–Trinajstić information content (AvgIpc) is 2.76. The highest BCUT2D eigenvalue weighted by Crippen LogP contribution is 2.12. The fourth-order valence-electron chi connectivity index (χ4n) is 1.32. The first kappa shape index (κ1) is 13.0. The van der Waals surface area contributed by atoms with Crippen LogP contribution in [0.4, 0.5) is 0 Å². The van der Waals surface area contributed by atoms with E-state index >= 15 is 0 Å². The summed E-state index contributed by atoms with van der Waals surface area (Å²) in [5.41, 5.74) is 0.515. The van der Waals surface area contributed by atoms with Crippen LogP contribution in [-0.2, 0) is 17.8 Å². The summed E-state index contributed by atoms with van der Waals surface area (Å²) in [5.74, 6) is -0.334. The number of halogens is 1. The number of nitrogens with zero attached hydrogens (tertiary/aromatic N) is 4. The predicted molar refractivity (Wildman–Crippen MR) is 68.5 cm³/mol. The molecule has 0 N–H and O–H groups in total. The van der Waals surface area contributed by atoms with E-state index in [0.717, 1.165) is 4.47 Å². The summed E-state index contributed by atoms with van der Waals surface area (Å²) in [5, 5.41) is 10.8. The van der Waals surface area contributed by atoms with Crippen LogP contribution in [-0.4, -0.2) is 36.0 Å². The molecule has 2 aromatic rings. The van der Waals surface area contributed by atoms with E-state index in [1.54, 1.807) is 31.3 Å². The van der Waals surface area contributed by atoms with Gasteiger partial charge in [0.05, 0.1) is 5.75 Å². The van der Waals surface area contributed by atoms with E-state index in [1.165, 1.54) is 4.68 Å². The maximum atomic E-state index is 11.9. The van der Waals surface area contributed by atoms with Crippen molar-refractivity contribution in [1.82, 2.24) is 20.2 Å². The van der Waals surface area contributed by atoms with Crippen molar-refractivity contribution >= 4 is 32.5 Å². The minimum Gasteiger partial charge on any atom is -0.293 e. The summed E-state index contributed by atoms with van der Waals surface area (Å²) < 4.78 is 14.1. The summed E-state index contributed by atoms with van der Waals surface area (Å²) >= 11 is 3.29. The highest BCUT2D eigenvalue weighted by atomic mass is 79.9. The zero-order valence-corrected chi connectivity index (χ0v) is 11.8. The maximum absolute atomic E-state index is 11.9. The standard InChI is InChI=1S/C10H9BrN4O2S/c1-15-10(12-13-14-15)18(17)6-9(16)7-2-4-8(11)5-3-7/h2-5H,6H2,1H3. The Bertz CT molecular complexity index is 596. The summed E-state index contributed by atoms with van der Waals surface area (Å²) in [7, 11) is 0.0465. The Morgan fingerprint density at radius 1 is 1.39 bits per heavy atom. The molecule has 0 amide bonds. The molecule has 0 fully saturated rings. The quantitative estimate of drug-likeness (QED) is 0.781. The van der Waals surface area contributed by atoms with Gasteiger partial charge in [-0.05, 0) is 22.6 Å². The fraction of sp³-hybridized carbons (Fsp3) is 0.200. The minimum absolute atomic E-state index is 0.129. The molecule has 94 valence electrons. The Hall–Kier alpha value is -1.41. The molecule has 1 unspecified atom stereocenters. The number of aryl methyl sites for hydroxylation is 1. The van der Waals surface area contributed by atoms with Crippen LogP contribution in [0, 0.1) is 0 Å². The van der Waals surface area contributed by atoms with Crippen LogP contribution in [0.3, 0.4) is 0 Å². The first-order valence-electron chi connectivity index (χ1n) is 4.97. The van der Waals surface area contributed by atoms with Gasteiger partial charge >= 0.3 is 0 Å². The lowest BCUT2D eigenvalue weighted by atomic mass is 10.2. The van der Waals surface area contributed by atoms with Gasteiger partial charge in [0, 0.05) is 17.1 Å². The van der Waals surface area contributed by atoms with Gasteiger partial charge < -0.3 is 0 Å². The molecule has 0 saturated carbocycles. The Morgan fingerprint density at radius 3 is 2.61 bits per heavy atom. The first-order valence-corrected chi connectivity index (χ1v) is 7.08. The monoisotopic (exact) mass is 328 g/mol. The molecule has 0 aliphatic carbocycles. The van der Waals surface area contributed by atoms with Crippen molar-refractivity contribution in [3.63, 3.8) is 0 Å². The maximum Gasteiger partial charge on any atom is 0.239 e. The third kappa shape index (κ3) is 2.88. The molecule has 8 heteroatoms. The molecule has 1 atom stereocenters. The fourth-order valence-corrected chi connectivity index (χ4v) is 2.57. The van der Waals surface area contributed by atoms with Crippen LogP contribution in [0.5, 0.6) is 0 Å². The molecule has 1 aromatic carbocycles. The van der Waals surface area contributed by atoms with E-state index < -0.39 is 10.8 Å². The molecule has 0 spiro atoms. The number of hydrogen-bond acceptors (Lipinski definition) is 5. The van der Waals surface area contributed by atoms with Gasteiger partial charge in [-0.1, -0.05) is 33.2 Å². The molecule has 0 saturated heterocycles. The number of carbonyl (C=O) groups is 1. The second-order valence-corrected chi connectivity index (χ2v) is 5.77. The van der Waals surface area contributed by atoms with Gasteiger partial charge in [0.25, 0.3) is 0 Å². The number of carbonyl (C=O) groups excluding carboxylic acids is 1. The Kier molecular flexibility index (Phi) is 3.97. The highest BCUT2D eigenvalue weighted by molar-refractivity contribution is 9.10. The van der Waals surface area contributed by atoms with Crippen molar-refractivity contribution in [3.05, 3.63) is 34.3 Å². The van der Waals surface area contributed by atoms with Gasteiger partial charge in [0.1, 0.15) is 10.8 Å². The molecule has 0 aliphatic heterocycles. The van der Waals surface area contributed by atoms with Crippen LogP contribution < -0.4 is 0 Å². The zero-order chi connectivity index (χ0) is 13.1. The predicted octanol–water partition coefficient (Wildman–Crippen LogP) is 0.963. The highest BCUT2D eigenvalue weighted by Gasteiger charge is 2.16. The summed E-state index contributed by atoms with van der Waals surface area (Å²) in [6.45, 7) is 0. The van der Waals surface area contributed by atoms with Crippen molar-refractivity contribution in [1.29, 1.82) is 0 Å². The average molecular weight is 329 g/mol. The van der Waals surface area contributed by atoms with E-state index in [9.17, 15) is 9.00 Å². The Morgan fingerprint density at radius 2 is 2.06 bits per heavy atom. The molecule has 6 nitrogen and oxygen atoms in total. The van der Waals surface area contributed by atoms with Gasteiger partial charge in [-0.2, -0.15) is 0 Å². The van der Waals surface area contributed by atoms with Gasteiger partial charge in [-0.15, -0.1) is 0 Å². The Labute approximate surface area is 114 Å². The third-order valence-corrected chi connectivity index (χ3v) is 4.02. The van der Waals surface area contributed by atoms with Crippen LogP contribution in [0.15, 0.2) is 33.9 Å². The van der Waals surface area contributed by atoms with Gasteiger partial charge in [0.2, 0.25) is 5.16 Å². The topological polar surface area (TPSA) is 77.7 Å². The minimum atomic E-state index is -1.53. The lowest BCUT2D eigenvalue weighted by Crippen LogP contribution is -2.14. The Balaban J connectivity index is 2.10. The van der Waals surface area contributed by atoms with E-state index in [1.807, 2.05) is 0 Å². The zero-order valence-electron chi connectivity index (χ0n) is 9.41. The lowest BCUT2D eigenvalue weighted by molar-refractivity contribution is 0.102. The molecule has 0 radical (unpaired) electrons. The smallest absolute Gasteiger partial charge is 0.239 e. The largest absolute Gasteiger partial charge is 0.293 e. The summed E-state index contributed by atoms with van der Waals surface area (Å²) in [6.07, 6.45) is 0. The van der Waals surface area contributed by atoms with E-state index in [4.69, 9.17) is 0 Å². The van der Waals surface area contributed by atoms with Crippen molar-refractivity contribution in [2.45, 2.75) is 5.16 Å². The molecule has 18 heavy (non-hydrogen) atoms. The SMILES string of the molecule is Cn1nnnc1S(=O)CC(=O)c1ccc(Br)cc1. The molecule has 0 bridgehead atoms. The normalized spacial score (nSPS) is 12.3. The van der Waals surface area contributed by atoms with Crippen LogP contribution in [0.25, 0.3) is 0 Å². The van der Waals surface area contributed by atoms with Gasteiger partial charge in [-0.25, -0.2) is 4.68 Å². The van der Waals surface area contributed by atoms with E-state index in [2.05, 4.69) is 31.5 Å². The molecule has 2 rings (SSSR count). The summed E-state index contributed by atoms with van der Waals surface area (Å²) in [4.78, 5) is 11.9. The van der Waals surface area contributed by atoms with E-state index in [0.29, 0.717) is 5.56 Å². The summed E-state index contributed by atoms with van der Waals surface area (Å²) in [6, 6.07) is 6.89. The van der Waals surface area contributed by atoms with Gasteiger partial charge in [0.15, 0.2) is 5.78 Å². The van der Waals surface area contributed by atoms with Crippen LogP contribution in [0.2, 0.25) is 0 Å². The van der Waals surface area contributed by atoms with Crippen molar-refractivity contribution in [2.24, 2.45) is 7.05 Å². The molecular weight excluding hydrogens is 320 g/mol. The van der Waals surface area contributed by atoms with Crippen LogP contribution in [0.1, 0.15) is 10.4 Å². The van der Waals surface area contributed by atoms with E-state index in [-0.39, 0.29) is 16.7 Å². The number of Topliss-reactive ketones (excluding diaryl/α,β-unsaturated/α-hetero) is 1. The second-order valence-electron chi connectivity index (χ2n) is 3.50. The lowest BCUT2D eigenvalue weighted by Gasteiger charge is -2.01. The second kappa shape index (κ2) is 5.49. The number of aromatic nitrogens is 4. The number of rotatable bonds is 4. The number of ketones is 1. The van der Waals surface area contributed by atoms with Crippen molar-refractivity contribution in [2.75, 3.05) is 5.75 Å². The number of benzene rings is 1. The molecular formula is C10H9BrN4O2S. The molecule has 0 aliphatic rings. The third-order valence-electron chi connectivity index (χ3n) is 2.21. The molecule has 1 heterocycles. The molecule has 1 aromatic heterocycles. The number of tetrazole rings is 1. The van der Waals surface area contributed by atoms with Crippen molar-refractivity contribution in [3.8, 4) is 0 Å². The number of hydrogen-bond donors (Lipinski definition) is 0.